The van der Waals surface area contributed by atoms with Crippen LogP contribution in [-0.2, 0) is 10.8 Å². The van der Waals surface area contributed by atoms with Gasteiger partial charge in [0.1, 0.15) is 16.7 Å². The van der Waals surface area contributed by atoms with Gasteiger partial charge in [-0.2, -0.15) is 0 Å². The van der Waals surface area contributed by atoms with Gasteiger partial charge in [-0.15, -0.1) is 0 Å². The van der Waals surface area contributed by atoms with E-state index in [-0.39, 0.29) is 10.8 Å². The fourth-order valence-electron chi connectivity index (χ4n) is 11.2. The van der Waals surface area contributed by atoms with E-state index in [2.05, 4.69) is 219 Å². The maximum atomic E-state index is 6.94. The molecule has 3 aromatic heterocycles. The molecule has 0 saturated carbocycles. The molecule has 0 radical (unpaired) electrons. The molecule has 0 N–H and O–H groups in total. The van der Waals surface area contributed by atoms with Crippen molar-refractivity contribution >= 4 is 78.1 Å². The lowest BCUT2D eigenvalue weighted by atomic mass is 9.81. The first-order chi connectivity index (χ1) is 31.3. The molecule has 64 heavy (non-hydrogen) atoms. The summed E-state index contributed by atoms with van der Waals surface area (Å²) in [6.07, 6.45) is 1.85. The molecule has 0 aliphatic heterocycles. The van der Waals surface area contributed by atoms with Crippen LogP contribution in [0, 0.1) is 0 Å². The lowest BCUT2D eigenvalue weighted by Crippen LogP contribution is -2.20. The Bertz CT molecular complexity index is 3690. The number of fused-ring (bicyclic) bond motifs is 13. The van der Waals surface area contributed by atoms with Crippen molar-refractivity contribution in [1.29, 1.82) is 0 Å². The second-order valence-corrected chi connectivity index (χ2v) is 18.3. The molecule has 5 nitrogen and oxygen atoms in total. The molecular weight excluding hydrogens is 783 g/mol. The largest absolute Gasteiger partial charge is 0.454 e. The fourth-order valence-corrected chi connectivity index (χ4v) is 11.2. The van der Waals surface area contributed by atoms with Gasteiger partial charge in [-0.25, -0.2) is 4.98 Å². The van der Waals surface area contributed by atoms with E-state index in [1.165, 1.54) is 44.5 Å². The van der Waals surface area contributed by atoms with Crippen LogP contribution >= 0.6 is 0 Å². The van der Waals surface area contributed by atoms with Crippen LogP contribution in [0.5, 0.6) is 0 Å². The zero-order chi connectivity index (χ0) is 42.9. The number of aromatic nitrogens is 1. The van der Waals surface area contributed by atoms with Gasteiger partial charge in [-0.1, -0.05) is 137 Å². The zero-order valence-electron chi connectivity index (χ0n) is 36.1. The molecule has 11 aromatic rings. The lowest BCUT2D eigenvalue weighted by Gasteiger charge is -2.32. The third-order valence-electron chi connectivity index (χ3n) is 14.0. The van der Waals surface area contributed by atoms with Crippen molar-refractivity contribution in [3.8, 4) is 22.3 Å². The molecular formula is C59H43N3O2. The van der Waals surface area contributed by atoms with Crippen LogP contribution < -0.4 is 9.80 Å². The van der Waals surface area contributed by atoms with Crippen molar-refractivity contribution < 1.29 is 8.83 Å². The van der Waals surface area contributed by atoms with Crippen LogP contribution in [0.2, 0.25) is 0 Å². The van der Waals surface area contributed by atoms with Crippen LogP contribution in [0.4, 0.5) is 34.1 Å². The number of anilines is 6. The maximum absolute atomic E-state index is 6.94. The molecule has 0 saturated heterocycles. The quantitative estimate of drug-likeness (QED) is 0.167. The minimum Gasteiger partial charge on any atom is -0.454 e. The molecule has 0 fully saturated rings. The number of rotatable bonds is 6. The summed E-state index contributed by atoms with van der Waals surface area (Å²) in [5.74, 6) is 0. The molecule has 0 bridgehead atoms. The normalized spacial score (nSPS) is 14.2. The first-order valence-electron chi connectivity index (χ1n) is 22.1. The number of benzene rings is 8. The van der Waals surface area contributed by atoms with E-state index >= 15 is 0 Å². The summed E-state index contributed by atoms with van der Waals surface area (Å²) < 4.78 is 13.7. The van der Waals surface area contributed by atoms with Crippen LogP contribution in [0.1, 0.15) is 49.9 Å². The maximum Gasteiger partial charge on any atom is 0.165 e. The second-order valence-electron chi connectivity index (χ2n) is 18.3. The van der Waals surface area contributed by atoms with Crippen LogP contribution in [-0.4, -0.2) is 4.98 Å². The molecule has 0 atom stereocenters. The van der Waals surface area contributed by atoms with Gasteiger partial charge in [0.15, 0.2) is 11.2 Å². The second kappa shape index (κ2) is 13.3. The Balaban J connectivity index is 0.960. The van der Waals surface area contributed by atoms with Gasteiger partial charge in [0.2, 0.25) is 0 Å². The van der Waals surface area contributed by atoms with Crippen molar-refractivity contribution in [2.75, 3.05) is 9.80 Å². The molecule has 5 heteroatoms. The van der Waals surface area contributed by atoms with Crippen LogP contribution in [0.15, 0.2) is 197 Å². The van der Waals surface area contributed by atoms with Crippen molar-refractivity contribution in [1.82, 2.24) is 4.98 Å². The summed E-state index contributed by atoms with van der Waals surface area (Å²) in [7, 11) is 0. The Morgan fingerprint density at radius 1 is 0.406 bits per heavy atom. The predicted octanol–water partition coefficient (Wildman–Crippen LogP) is 16.4. The summed E-state index contributed by atoms with van der Waals surface area (Å²) in [6.45, 7) is 9.37. The average Bonchev–Trinajstić information content (AvgIpc) is 4.02. The number of hydrogen-bond acceptors (Lipinski definition) is 5. The molecule has 3 heterocycles. The van der Waals surface area contributed by atoms with Gasteiger partial charge in [0.25, 0.3) is 0 Å². The fraction of sp³-hybridized carbons (Fsp3) is 0.102. The smallest absolute Gasteiger partial charge is 0.165 e. The third-order valence-corrected chi connectivity index (χ3v) is 14.0. The number of hydrogen-bond donors (Lipinski definition) is 0. The molecule has 13 rings (SSSR count). The molecule has 8 aromatic carbocycles. The Hall–Kier alpha value is -7.89. The molecule has 2 aliphatic rings. The Kier molecular flexibility index (Phi) is 7.64. The van der Waals surface area contributed by atoms with Gasteiger partial charge in [0.05, 0.1) is 23.0 Å². The molecule has 306 valence electrons. The van der Waals surface area contributed by atoms with Gasteiger partial charge >= 0.3 is 0 Å². The first kappa shape index (κ1) is 36.7. The number of nitrogens with zero attached hydrogens (tertiary/aromatic N) is 3. The molecule has 0 amide bonds. The summed E-state index contributed by atoms with van der Waals surface area (Å²) in [6, 6.07) is 65.4. The van der Waals surface area contributed by atoms with E-state index in [1.807, 2.05) is 6.20 Å². The molecule has 0 unspecified atom stereocenters. The lowest BCUT2D eigenvalue weighted by molar-refractivity contribution is 0.660. The first-order valence-corrected chi connectivity index (χ1v) is 22.1. The highest BCUT2D eigenvalue weighted by molar-refractivity contribution is 6.21. The monoisotopic (exact) mass is 825 g/mol. The average molecular weight is 826 g/mol. The number of furan rings is 2. The Morgan fingerprint density at radius 2 is 0.875 bits per heavy atom. The topological polar surface area (TPSA) is 45.7 Å². The van der Waals surface area contributed by atoms with E-state index in [0.717, 1.165) is 72.5 Å². The number of pyridine rings is 1. The highest BCUT2D eigenvalue weighted by Crippen LogP contribution is 2.56. The van der Waals surface area contributed by atoms with Gasteiger partial charge in [0, 0.05) is 56.5 Å². The SMILES string of the molecule is CC1(C)c2ccccc2-c2cccc(N(c3ccccc3)c3ccc4c(c3)oc3c4ncc4oc5cc(N(c6ccccc6)c6cccc7c6C(C)(C)c6ccccc6-7)ccc5c43)c21. The van der Waals surface area contributed by atoms with Crippen molar-refractivity contribution in [3.63, 3.8) is 0 Å². The predicted molar refractivity (Wildman–Crippen MR) is 263 cm³/mol. The number of para-hydroxylation sites is 2. The highest BCUT2D eigenvalue weighted by Gasteiger charge is 2.40. The van der Waals surface area contributed by atoms with E-state index in [0.29, 0.717) is 5.58 Å². The summed E-state index contributed by atoms with van der Waals surface area (Å²) >= 11 is 0. The van der Waals surface area contributed by atoms with Crippen LogP contribution in [0.25, 0.3) is 66.3 Å². The van der Waals surface area contributed by atoms with Crippen molar-refractivity contribution in [3.05, 3.63) is 210 Å². The highest BCUT2D eigenvalue weighted by atomic mass is 16.3. The minimum atomic E-state index is -0.196. The molecule has 2 aliphatic carbocycles. The van der Waals surface area contributed by atoms with Gasteiger partial charge in [-0.3, -0.25) is 0 Å². The van der Waals surface area contributed by atoms with Crippen molar-refractivity contribution in [2.24, 2.45) is 0 Å². The van der Waals surface area contributed by atoms with Crippen LogP contribution in [0.3, 0.4) is 0 Å². The van der Waals surface area contributed by atoms with E-state index in [9.17, 15) is 0 Å². The van der Waals surface area contributed by atoms with E-state index in [4.69, 9.17) is 13.8 Å². The summed E-state index contributed by atoms with van der Waals surface area (Å²) in [4.78, 5) is 9.73. The van der Waals surface area contributed by atoms with Gasteiger partial charge in [-0.05, 0) is 105 Å². The van der Waals surface area contributed by atoms with Gasteiger partial charge < -0.3 is 18.6 Å². The minimum absolute atomic E-state index is 0.195. The van der Waals surface area contributed by atoms with E-state index < -0.39 is 0 Å². The standard InChI is InChI=1S/C59H43N3O2/c1-58(2)46-25-13-11-21-40(46)42-23-15-27-48(54(42)58)61(36-17-7-5-8-18-36)38-29-31-44-50(33-38)63-52-35-60-56-45-32-30-39(34-51(45)64-57(56)53(44)52)62(37-19-9-6-10-20-37)49-28-16-24-43-41-22-12-14-26-47(41)59(3,4)55(43)49/h5-35H,1-4H3. The summed E-state index contributed by atoms with van der Waals surface area (Å²) in [5.41, 5.74) is 20.3. The van der Waals surface area contributed by atoms with Crippen molar-refractivity contribution in [2.45, 2.75) is 38.5 Å². The zero-order valence-corrected chi connectivity index (χ0v) is 36.1. The summed E-state index contributed by atoms with van der Waals surface area (Å²) in [5, 5.41) is 2.87. The molecule has 0 spiro atoms. The third kappa shape index (κ3) is 5.09. The Morgan fingerprint density at radius 3 is 1.42 bits per heavy atom. The Labute approximate surface area is 371 Å². The van der Waals surface area contributed by atoms with E-state index in [1.54, 1.807) is 0 Å².